The average molecular weight is 422 g/mol. The van der Waals surface area contributed by atoms with Crippen LogP contribution in [0.5, 0.6) is 5.75 Å². The minimum Gasteiger partial charge on any atom is -0.497 e. The van der Waals surface area contributed by atoms with Crippen molar-refractivity contribution in [2.24, 2.45) is 0 Å². The molecule has 0 N–H and O–H groups in total. The molecule has 1 aliphatic rings. The minimum absolute atomic E-state index is 0.0435. The van der Waals surface area contributed by atoms with Gasteiger partial charge in [0.05, 0.1) is 23.8 Å². The summed E-state index contributed by atoms with van der Waals surface area (Å²) in [6, 6.07) is 8.90. The molecule has 0 atom stereocenters. The van der Waals surface area contributed by atoms with E-state index < -0.39 is 0 Å². The van der Waals surface area contributed by atoms with Crippen LogP contribution in [0.1, 0.15) is 51.9 Å². The molecule has 2 amide bonds. The number of nitrogens with zero attached hydrogens (tertiary/aromatic N) is 4. The van der Waals surface area contributed by atoms with Crippen molar-refractivity contribution in [3.63, 3.8) is 0 Å². The Labute approximate surface area is 180 Å². The summed E-state index contributed by atoms with van der Waals surface area (Å²) in [4.78, 5) is 34.2. The highest BCUT2D eigenvalue weighted by molar-refractivity contribution is 6.06. The van der Waals surface area contributed by atoms with Crippen molar-refractivity contribution >= 4 is 22.9 Å². The van der Waals surface area contributed by atoms with E-state index in [1.54, 1.807) is 41.2 Å². The summed E-state index contributed by atoms with van der Waals surface area (Å²) in [5.74, 6) is 0.732. The van der Waals surface area contributed by atoms with E-state index in [-0.39, 0.29) is 17.7 Å². The first kappa shape index (κ1) is 20.8. The number of aryl methyl sites for hydroxylation is 1. The maximum absolute atomic E-state index is 13.4. The molecule has 1 aliphatic heterocycles. The SMILES string of the molecule is COc1ccc(C(=O)N2CCN(C(=O)c3cc(C(C)C)nc4onc(C)c34)CC2)cc1. The van der Waals surface area contributed by atoms with Gasteiger partial charge in [-0.15, -0.1) is 0 Å². The van der Waals surface area contributed by atoms with Crippen molar-refractivity contribution in [3.8, 4) is 5.75 Å². The first-order valence-electron chi connectivity index (χ1n) is 10.4. The number of amides is 2. The number of hydrogen-bond acceptors (Lipinski definition) is 6. The van der Waals surface area contributed by atoms with E-state index in [0.29, 0.717) is 59.8 Å². The van der Waals surface area contributed by atoms with E-state index >= 15 is 0 Å². The average Bonchev–Trinajstić information content (AvgIpc) is 3.18. The highest BCUT2D eigenvalue weighted by Crippen LogP contribution is 2.26. The summed E-state index contributed by atoms with van der Waals surface area (Å²) in [6.07, 6.45) is 0. The van der Waals surface area contributed by atoms with E-state index in [0.717, 1.165) is 5.69 Å². The number of fused-ring (bicyclic) bond motifs is 1. The van der Waals surface area contributed by atoms with Crippen LogP contribution in [0, 0.1) is 6.92 Å². The van der Waals surface area contributed by atoms with Crippen LogP contribution >= 0.6 is 0 Å². The first-order chi connectivity index (χ1) is 14.9. The molecule has 8 nitrogen and oxygen atoms in total. The van der Waals surface area contributed by atoms with Gasteiger partial charge in [0.1, 0.15) is 5.75 Å². The highest BCUT2D eigenvalue weighted by atomic mass is 16.5. The Bertz CT molecular complexity index is 1110. The third kappa shape index (κ3) is 3.97. The second kappa shape index (κ2) is 8.37. The van der Waals surface area contributed by atoms with Gasteiger partial charge in [-0.3, -0.25) is 9.59 Å². The molecule has 8 heteroatoms. The molecule has 1 saturated heterocycles. The zero-order chi connectivity index (χ0) is 22.1. The third-order valence-corrected chi connectivity index (χ3v) is 5.65. The number of hydrogen-bond donors (Lipinski definition) is 0. The second-order valence-electron chi connectivity index (χ2n) is 8.01. The van der Waals surface area contributed by atoms with E-state index in [4.69, 9.17) is 9.26 Å². The molecule has 162 valence electrons. The van der Waals surface area contributed by atoms with Crippen LogP contribution in [0.3, 0.4) is 0 Å². The lowest BCUT2D eigenvalue weighted by Gasteiger charge is -2.35. The molecule has 31 heavy (non-hydrogen) atoms. The monoisotopic (exact) mass is 422 g/mol. The van der Waals surface area contributed by atoms with E-state index in [1.807, 2.05) is 26.8 Å². The van der Waals surface area contributed by atoms with Crippen molar-refractivity contribution < 1.29 is 18.8 Å². The van der Waals surface area contributed by atoms with Gasteiger partial charge in [-0.05, 0) is 43.2 Å². The van der Waals surface area contributed by atoms with Crippen LogP contribution in [0.25, 0.3) is 11.1 Å². The Morgan fingerprint density at radius 1 is 1.03 bits per heavy atom. The van der Waals surface area contributed by atoms with Crippen molar-refractivity contribution in [3.05, 3.63) is 52.8 Å². The van der Waals surface area contributed by atoms with Crippen LogP contribution in [-0.4, -0.2) is 65.0 Å². The molecule has 1 fully saturated rings. The summed E-state index contributed by atoms with van der Waals surface area (Å²) in [7, 11) is 1.59. The van der Waals surface area contributed by atoms with Crippen LogP contribution < -0.4 is 4.74 Å². The Morgan fingerprint density at radius 3 is 2.23 bits per heavy atom. The lowest BCUT2D eigenvalue weighted by Crippen LogP contribution is -2.50. The molecule has 4 rings (SSSR count). The molecule has 0 radical (unpaired) electrons. The fourth-order valence-electron chi connectivity index (χ4n) is 3.78. The maximum Gasteiger partial charge on any atom is 0.259 e. The number of methoxy groups -OCH3 is 1. The van der Waals surface area contributed by atoms with E-state index in [9.17, 15) is 9.59 Å². The predicted molar refractivity (Wildman–Crippen MR) is 115 cm³/mol. The van der Waals surface area contributed by atoms with Gasteiger partial charge in [-0.1, -0.05) is 19.0 Å². The number of ether oxygens (including phenoxy) is 1. The number of rotatable bonds is 4. The number of aromatic nitrogens is 2. The van der Waals surface area contributed by atoms with Crippen LogP contribution in [0.15, 0.2) is 34.9 Å². The van der Waals surface area contributed by atoms with Crippen molar-refractivity contribution in [1.29, 1.82) is 0 Å². The van der Waals surface area contributed by atoms with Gasteiger partial charge < -0.3 is 19.1 Å². The van der Waals surface area contributed by atoms with Crippen molar-refractivity contribution in [1.82, 2.24) is 19.9 Å². The maximum atomic E-state index is 13.4. The standard InChI is InChI=1S/C23H26N4O4/c1-14(2)19-13-18(20-15(3)25-31-21(20)24-19)23(29)27-11-9-26(10-12-27)22(28)16-5-7-17(30-4)8-6-16/h5-8,13-14H,9-12H2,1-4H3. The predicted octanol–water partition coefficient (Wildman–Crippen LogP) is 3.26. The molecular formula is C23H26N4O4. The first-order valence-corrected chi connectivity index (χ1v) is 10.4. The van der Waals surface area contributed by atoms with Crippen LogP contribution in [0.2, 0.25) is 0 Å². The van der Waals surface area contributed by atoms with Gasteiger partial charge in [0.2, 0.25) is 0 Å². The molecule has 1 aromatic carbocycles. The highest BCUT2D eigenvalue weighted by Gasteiger charge is 2.28. The molecule has 0 spiro atoms. The Balaban J connectivity index is 1.50. The number of carbonyl (C=O) groups excluding carboxylic acids is 2. The molecule has 3 heterocycles. The second-order valence-corrected chi connectivity index (χ2v) is 8.01. The van der Waals surface area contributed by atoms with E-state index in [1.165, 1.54) is 0 Å². The van der Waals surface area contributed by atoms with Crippen LogP contribution in [0.4, 0.5) is 0 Å². The molecular weight excluding hydrogens is 396 g/mol. The quantitative estimate of drug-likeness (QED) is 0.641. The summed E-state index contributed by atoms with van der Waals surface area (Å²) < 4.78 is 10.5. The van der Waals surface area contributed by atoms with Gasteiger partial charge in [0.15, 0.2) is 0 Å². The Hall–Kier alpha value is -3.42. The fourth-order valence-corrected chi connectivity index (χ4v) is 3.78. The Morgan fingerprint density at radius 2 is 1.65 bits per heavy atom. The fraction of sp³-hybridized carbons (Fsp3) is 0.391. The van der Waals surface area contributed by atoms with Gasteiger partial charge in [0, 0.05) is 37.4 Å². The van der Waals surface area contributed by atoms with Gasteiger partial charge in [0.25, 0.3) is 17.5 Å². The normalized spacial score (nSPS) is 14.4. The zero-order valence-corrected chi connectivity index (χ0v) is 18.2. The molecule has 0 unspecified atom stereocenters. The topological polar surface area (TPSA) is 88.8 Å². The van der Waals surface area contributed by atoms with Gasteiger partial charge in [-0.2, -0.15) is 0 Å². The Kier molecular flexibility index (Phi) is 5.63. The lowest BCUT2D eigenvalue weighted by atomic mass is 10.0. The summed E-state index contributed by atoms with van der Waals surface area (Å²) in [5, 5.41) is 4.65. The third-order valence-electron chi connectivity index (χ3n) is 5.65. The van der Waals surface area contributed by atoms with Crippen molar-refractivity contribution in [2.45, 2.75) is 26.7 Å². The number of carbonyl (C=O) groups is 2. The number of pyridine rings is 1. The lowest BCUT2D eigenvalue weighted by molar-refractivity contribution is 0.0536. The largest absolute Gasteiger partial charge is 0.497 e. The smallest absolute Gasteiger partial charge is 0.259 e. The number of benzene rings is 1. The summed E-state index contributed by atoms with van der Waals surface area (Å²) in [5.41, 5.74) is 3.00. The molecule has 0 aliphatic carbocycles. The van der Waals surface area contributed by atoms with E-state index in [2.05, 4.69) is 10.1 Å². The summed E-state index contributed by atoms with van der Waals surface area (Å²) in [6.45, 7) is 7.74. The molecule has 3 aromatic rings. The minimum atomic E-state index is -0.0860. The van der Waals surface area contributed by atoms with Crippen LogP contribution in [-0.2, 0) is 0 Å². The number of piperazine rings is 1. The van der Waals surface area contributed by atoms with Gasteiger partial charge >= 0.3 is 0 Å². The summed E-state index contributed by atoms with van der Waals surface area (Å²) >= 11 is 0. The molecule has 0 saturated carbocycles. The molecule has 0 bridgehead atoms. The van der Waals surface area contributed by atoms with Gasteiger partial charge in [-0.25, -0.2) is 4.98 Å². The zero-order valence-electron chi connectivity index (χ0n) is 18.2. The molecule has 2 aromatic heterocycles. The van der Waals surface area contributed by atoms with Crippen molar-refractivity contribution in [2.75, 3.05) is 33.3 Å².